The quantitative estimate of drug-likeness (QED) is 0.874. The average Bonchev–Trinajstić information content (AvgIpc) is 2.32. The summed E-state index contributed by atoms with van der Waals surface area (Å²) in [6, 6.07) is 7.39. The first-order valence-electron chi connectivity index (χ1n) is 5.22. The highest BCUT2D eigenvalue weighted by atomic mass is 35.5. The van der Waals surface area contributed by atoms with Crippen LogP contribution in [0.2, 0.25) is 5.02 Å². The third kappa shape index (κ3) is 2.57. The second-order valence-electron chi connectivity index (χ2n) is 3.72. The molecule has 1 aromatic carbocycles. The summed E-state index contributed by atoms with van der Waals surface area (Å²) in [6.07, 6.45) is 1.78. The number of nitrogens with two attached hydrogens (primary N) is 2. The van der Waals surface area contributed by atoms with Gasteiger partial charge in [-0.2, -0.15) is 0 Å². The monoisotopic (exact) mass is 262 g/mol. The van der Waals surface area contributed by atoms with Gasteiger partial charge in [-0.05, 0) is 11.6 Å². The van der Waals surface area contributed by atoms with Gasteiger partial charge in [0.2, 0.25) is 0 Å². The second-order valence-corrected chi connectivity index (χ2v) is 4.12. The van der Waals surface area contributed by atoms with Crippen molar-refractivity contribution in [3.8, 4) is 0 Å². The molecule has 0 aliphatic rings. The lowest BCUT2D eigenvalue weighted by molar-refractivity contribution is 0.100. The van der Waals surface area contributed by atoms with Crippen LogP contribution in [0.4, 0.5) is 5.82 Å². The van der Waals surface area contributed by atoms with Gasteiger partial charge in [0.15, 0.2) is 0 Å². The van der Waals surface area contributed by atoms with Gasteiger partial charge in [0.05, 0.1) is 5.56 Å². The molecule has 0 atom stereocenters. The Morgan fingerprint density at radius 1 is 1.33 bits per heavy atom. The van der Waals surface area contributed by atoms with E-state index in [1.807, 2.05) is 18.2 Å². The lowest BCUT2D eigenvalue weighted by atomic mass is 10.1. The predicted octanol–water partition coefficient (Wildman–Crippen LogP) is 1.40. The number of benzene rings is 1. The number of carbonyl (C=O) groups excluding carboxylic acids is 1. The fourth-order valence-corrected chi connectivity index (χ4v) is 1.72. The number of hydrogen-bond donors (Lipinski definition) is 2. The largest absolute Gasteiger partial charge is 0.383 e. The van der Waals surface area contributed by atoms with Crippen LogP contribution in [0.3, 0.4) is 0 Å². The number of rotatable bonds is 3. The Morgan fingerprint density at radius 2 is 2.06 bits per heavy atom. The Bertz CT molecular complexity index is 600. The number of primary amides is 1. The topological polar surface area (TPSA) is 94.9 Å². The lowest BCUT2D eigenvalue weighted by Crippen LogP contribution is -2.16. The number of nitrogens with zero attached hydrogens (tertiary/aromatic N) is 2. The number of amides is 1. The van der Waals surface area contributed by atoms with Crippen molar-refractivity contribution in [3.05, 3.63) is 52.4 Å². The molecule has 6 heteroatoms. The zero-order valence-corrected chi connectivity index (χ0v) is 10.2. The van der Waals surface area contributed by atoms with Crippen LogP contribution in [-0.2, 0) is 6.42 Å². The maximum atomic E-state index is 11.0. The van der Waals surface area contributed by atoms with Gasteiger partial charge in [-0.15, -0.1) is 0 Å². The van der Waals surface area contributed by atoms with Gasteiger partial charge in [0.1, 0.15) is 11.6 Å². The number of nitrogen functional groups attached to an aromatic ring is 1. The molecule has 0 unspecified atom stereocenters. The average molecular weight is 263 g/mol. The van der Waals surface area contributed by atoms with Crippen LogP contribution in [0.15, 0.2) is 30.5 Å². The van der Waals surface area contributed by atoms with Crippen LogP contribution in [0, 0.1) is 0 Å². The van der Waals surface area contributed by atoms with Crippen LogP contribution in [-0.4, -0.2) is 15.9 Å². The third-order valence-corrected chi connectivity index (χ3v) is 2.81. The van der Waals surface area contributed by atoms with Crippen molar-refractivity contribution in [3.63, 3.8) is 0 Å². The van der Waals surface area contributed by atoms with Crippen molar-refractivity contribution < 1.29 is 4.79 Å². The van der Waals surface area contributed by atoms with Gasteiger partial charge in [-0.1, -0.05) is 29.8 Å². The van der Waals surface area contributed by atoms with Crippen molar-refractivity contribution >= 4 is 23.3 Å². The standard InChI is InChI=1S/C12H11ClN4O/c13-9-4-2-1-3-7(9)5-10-16-6-8(12(15)18)11(14)17-10/h1-4,6H,5H2,(H2,15,18)(H2,14,16,17). The Morgan fingerprint density at radius 3 is 2.67 bits per heavy atom. The van der Waals surface area contributed by atoms with Crippen LogP contribution in [0.1, 0.15) is 21.7 Å². The molecular formula is C12H11ClN4O. The van der Waals surface area contributed by atoms with Gasteiger partial charge in [0.25, 0.3) is 5.91 Å². The number of halogens is 1. The molecule has 1 aromatic heterocycles. The molecule has 0 bridgehead atoms. The Balaban J connectivity index is 2.29. The minimum Gasteiger partial charge on any atom is -0.383 e. The summed E-state index contributed by atoms with van der Waals surface area (Å²) in [7, 11) is 0. The van der Waals surface area contributed by atoms with E-state index in [4.69, 9.17) is 23.1 Å². The lowest BCUT2D eigenvalue weighted by Gasteiger charge is -2.05. The molecule has 0 aliphatic carbocycles. The Labute approximate surface area is 109 Å². The highest BCUT2D eigenvalue weighted by molar-refractivity contribution is 6.31. The highest BCUT2D eigenvalue weighted by Crippen LogP contribution is 2.18. The van der Waals surface area contributed by atoms with Crippen LogP contribution >= 0.6 is 11.6 Å². The highest BCUT2D eigenvalue weighted by Gasteiger charge is 2.10. The zero-order valence-electron chi connectivity index (χ0n) is 9.43. The van der Waals surface area contributed by atoms with Gasteiger partial charge >= 0.3 is 0 Å². The minimum atomic E-state index is -0.642. The van der Waals surface area contributed by atoms with Crippen molar-refractivity contribution in [2.24, 2.45) is 5.73 Å². The molecule has 1 amide bonds. The van der Waals surface area contributed by atoms with Crippen molar-refractivity contribution in [2.75, 3.05) is 5.73 Å². The number of hydrogen-bond acceptors (Lipinski definition) is 4. The first-order chi connectivity index (χ1) is 8.58. The molecule has 0 fully saturated rings. The van der Waals surface area contributed by atoms with Gasteiger partial charge in [-0.3, -0.25) is 4.79 Å². The van der Waals surface area contributed by atoms with Crippen LogP contribution < -0.4 is 11.5 Å². The Hall–Kier alpha value is -2.14. The van der Waals surface area contributed by atoms with Crippen molar-refractivity contribution in [2.45, 2.75) is 6.42 Å². The first kappa shape index (κ1) is 12.3. The molecule has 92 valence electrons. The van der Waals surface area contributed by atoms with Crippen LogP contribution in [0.25, 0.3) is 0 Å². The molecule has 0 saturated carbocycles. The summed E-state index contributed by atoms with van der Waals surface area (Å²) in [6.45, 7) is 0. The van der Waals surface area contributed by atoms with E-state index in [0.717, 1.165) is 5.56 Å². The van der Waals surface area contributed by atoms with E-state index < -0.39 is 5.91 Å². The predicted molar refractivity (Wildman–Crippen MR) is 69.2 cm³/mol. The van der Waals surface area contributed by atoms with E-state index in [1.54, 1.807) is 6.07 Å². The fraction of sp³-hybridized carbons (Fsp3) is 0.0833. The minimum absolute atomic E-state index is 0.0829. The molecule has 5 nitrogen and oxygen atoms in total. The Kier molecular flexibility index (Phi) is 3.43. The molecule has 2 rings (SSSR count). The summed E-state index contributed by atoms with van der Waals surface area (Å²) in [4.78, 5) is 19.1. The van der Waals surface area contributed by atoms with E-state index >= 15 is 0 Å². The van der Waals surface area contributed by atoms with E-state index in [9.17, 15) is 4.79 Å². The SMILES string of the molecule is NC(=O)c1cnc(Cc2ccccc2Cl)nc1N. The summed E-state index contributed by atoms with van der Waals surface area (Å²) in [5.74, 6) is -0.0676. The first-order valence-corrected chi connectivity index (χ1v) is 5.60. The maximum absolute atomic E-state index is 11.0. The summed E-state index contributed by atoms with van der Waals surface area (Å²) in [5.41, 5.74) is 11.8. The van der Waals surface area contributed by atoms with Crippen molar-refractivity contribution in [1.29, 1.82) is 0 Å². The maximum Gasteiger partial charge on any atom is 0.254 e. The van der Waals surface area contributed by atoms with Crippen LogP contribution in [0.5, 0.6) is 0 Å². The molecule has 0 spiro atoms. The van der Waals surface area contributed by atoms with E-state index in [1.165, 1.54) is 6.20 Å². The van der Waals surface area contributed by atoms with Crippen molar-refractivity contribution in [1.82, 2.24) is 9.97 Å². The molecule has 2 aromatic rings. The van der Waals surface area contributed by atoms with Gasteiger partial charge < -0.3 is 11.5 Å². The third-order valence-electron chi connectivity index (χ3n) is 2.44. The second kappa shape index (κ2) is 5.01. The van der Waals surface area contributed by atoms with Gasteiger partial charge in [-0.25, -0.2) is 9.97 Å². The summed E-state index contributed by atoms with van der Waals surface area (Å²) >= 11 is 6.03. The molecule has 1 heterocycles. The normalized spacial score (nSPS) is 10.3. The molecule has 0 radical (unpaired) electrons. The smallest absolute Gasteiger partial charge is 0.254 e. The summed E-state index contributed by atoms with van der Waals surface area (Å²) in [5, 5.41) is 0.638. The molecular weight excluding hydrogens is 252 g/mol. The number of carbonyl (C=O) groups is 1. The summed E-state index contributed by atoms with van der Waals surface area (Å²) < 4.78 is 0. The molecule has 18 heavy (non-hydrogen) atoms. The zero-order chi connectivity index (χ0) is 13.1. The molecule has 0 aliphatic heterocycles. The van der Waals surface area contributed by atoms with E-state index in [0.29, 0.717) is 17.3 Å². The molecule has 0 saturated heterocycles. The molecule has 4 N–H and O–H groups in total. The fourth-order valence-electron chi connectivity index (χ4n) is 1.52. The van der Waals surface area contributed by atoms with Gasteiger partial charge in [0, 0.05) is 17.6 Å². The van der Waals surface area contributed by atoms with E-state index in [2.05, 4.69) is 9.97 Å². The van der Waals surface area contributed by atoms with E-state index in [-0.39, 0.29) is 11.4 Å². The number of aromatic nitrogens is 2. The number of anilines is 1.